The Balaban J connectivity index is 3.12. The summed E-state index contributed by atoms with van der Waals surface area (Å²) in [6, 6.07) is 5.19. The van der Waals surface area contributed by atoms with Gasteiger partial charge in [-0.2, -0.15) is 0 Å². The van der Waals surface area contributed by atoms with E-state index < -0.39 is 0 Å². The molecule has 0 N–H and O–H groups in total. The number of ether oxygens (including phenoxy) is 2. The maximum absolute atomic E-state index is 6.93. The first-order valence-corrected chi connectivity index (χ1v) is 3.46. The van der Waals surface area contributed by atoms with Crippen LogP contribution < -0.4 is 9.47 Å². The molecule has 0 saturated carbocycles. The Morgan fingerprint density at radius 1 is 1.08 bits per heavy atom. The lowest BCUT2D eigenvalue weighted by atomic mass is 10.2. The number of rotatable bonds is 2. The van der Waals surface area contributed by atoms with Crippen molar-refractivity contribution in [3.63, 3.8) is 0 Å². The molecule has 2 nitrogen and oxygen atoms in total. The molecule has 0 aromatic heterocycles. The lowest BCUT2D eigenvalue weighted by Gasteiger charge is -2.04. The highest BCUT2D eigenvalue weighted by atomic mass is 16.5. The summed E-state index contributed by atoms with van der Waals surface area (Å²) in [5.74, 6) is 3.61. The maximum Gasteiger partial charge on any atom is 0.123 e. The second-order valence-electron chi connectivity index (χ2n) is 2.23. The van der Waals surface area contributed by atoms with Crippen molar-refractivity contribution < 1.29 is 9.47 Å². The smallest absolute Gasteiger partial charge is 0.123 e. The van der Waals surface area contributed by atoms with E-state index in [1.165, 1.54) is 0 Å². The van der Waals surface area contributed by atoms with Crippen LogP contribution in [0.5, 0.6) is 11.5 Å². The Hall–Kier alpha value is -1.62. The van der Waals surface area contributed by atoms with Crippen molar-refractivity contribution in [2.45, 2.75) is 0 Å². The minimum atomic E-state index is 0.645. The van der Waals surface area contributed by atoms with Crippen molar-refractivity contribution in [3.05, 3.63) is 30.2 Å². The molecule has 0 heterocycles. The fourth-order valence-corrected chi connectivity index (χ4v) is 0.880. The van der Waals surface area contributed by atoms with E-state index in [-0.39, 0.29) is 0 Å². The molecule has 0 saturated heterocycles. The lowest BCUT2D eigenvalue weighted by molar-refractivity contribution is 0.394. The summed E-state index contributed by atoms with van der Waals surface area (Å²) in [7, 11) is 3.14. The van der Waals surface area contributed by atoms with Gasteiger partial charge in [-0.3, -0.25) is 0 Å². The van der Waals surface area contributed by atoms with Gasteiger partial charge in [0.25, 0.3) is 0 Å². The lowest BCUT2D eigenvalue weighted by Crippen LogP contribution is -1.88. The van der Waals surface area contributed by atoms with Crippen molar-refractivity contribution >= 4 is 0 Å². The Morgan fingerprint density at radius 2 is 1.58 bits per heavy atom. The van der Waals surface area contributed by atoms with E-state index in [0.717, 1.165) is 0 Å². The molecule has 1 rings (SSSR count). The van der Waals surface area contributed by atoms with Crippen LogP contribution in [0.1, 0.15) is 5.56 Å². The summed E-state index contributed by atoms with van der Waals surface area (Å²) in [4.78, 5) is 0. The second kappa shape index (κ2) is 3.68. The molecule has 0 bridgehead atoms. The quantitative estimate of drug-likeness (QED) is 0.614. The van der Waals surface area contributed by atoms with E-state index in [1.807, 2.05) is 0 Å². The number of hydrogen-bond acceptors (Lipinski definition) is 2. The van der Waals surface area contributed by atoms with E-state index >= 15 is 0 Å². The van der Waals surface area contributed by atoms with Crippen LogP contribution in [0.4, 0.5) is 0 Å². The zero-order chi connectivity index (χ0) is 8.97. The Labute approximate surface area is 72.1 Å². The third-order valence-electron chi connectivity index (χ3n) is 1.50. The first kappa shape index (κ1) is 8.48. The molecule has 0 amide bonds. The minimum absolute atomic E-state index is 0.645. The average Bonchev–Trinajstić information content (AvgIpc) is 2.16. The Morgan fingerprint density at radius 3 is 1.92 bits per heavy atom. The van der Waals surface area contributed by atoms with Gasteiger partial charge in [-0.1, -0.05) is 5.92 Å². The van der Waals surface area contributed by atoms with Crippen LogP contribution in [0.3, 0.4) is 0 Å². The molecular formula is C10H9O2. The molecule has 61 valence electrons. The normalized spacial score (nSPS) is 8.75. The fraction of sp³-hybridized carbons (Fsp3) is 0.200. The summed E-state index contributed by atoms with van der Waals surface area (Å²) in [5.41, 5.74) is 0.645. The van der Waals surface area contributed by atoms with Gasteiger partial charge >= 0.3 is 0 Å². The molecule has 0 fully saturated rings. The largest absolute Gasteiger partial charge is 0.497 e. The minimum Gasteiger partial charge on any atom is -0.497 e. The first-order chi connectivity index (χ1) is 5.80. The number of hydrogen-bond donors (Lipinski definition) is 0. The van der Waals surface area contributed by atoms with Gasteiger partial charge < -0.3 is 9.47 Å². The summed E-state index contributed by atoms with van der Waals surface area (Å²) in [6.07, 6.45) is 6.93. The average molecular weight is 161 g/mol. The van der Waals surface area contributed by atoms with Crippen molar-refractivity contribution in [1.82, 2.24) is 0 Å². The summed E-state index contributed by atoms with van der Waals surface area (Å²) in [5, 5.41) is 0. The highest BCUT2D eigenvalue weighted by Crippen LogP contribution is 2.21. The monoisotopic (exact) mass is 161 g/mol. The zero-order valence-corrected chi connectivity index (χ0v) is 7.05. The zero-order valence-electron chi connectivity index (χ0n) is 7.05. The molecule has 0 aliphatic heterocycles. The van der Waals surface area contributed by atoms with Gasteiger partial charge in [0.2, 0.25) is 0 Å². The predicted octanol–water partition coefficient (Wildman–Crippen LogP) is 1.64. The molecule has 0 unspecified atom stereocenters. The third kappa shape index (κ3) is 1.70. The van der Waals surface area contributed by atoms with Crippen molar-refractivity contribution in [3.8, 4) is 17.4 Å². The van der Waals surface area contributed by atoms with E-state index in [1.54, 1.807) is 32.4 Å². The predicted molar refractivity (Wildman–Crippen MR) is 45.8 cm³/mol. The van der Waals surface area contributed by atoms with Crippen molar-refractivity contribution in [2.24, 2.45) is 0 Å². The van der Waals surface area contributed by atoms with Crippen LogP contribution in [0.2, 0.25) is 0 Å². The third-order valence-corrected chi connectivity index (χ3v) is 1.50. The number of methoxy groups -OCH3 is 2. The molecule has 0 spiro atoms. The van der Waals surface area contributed by atoms with Gasteiger partial charge in [0.1, 0.15) is 11.5 Å². The highest BCUT2D eigenvalue weighted by molar-refractivity contribution is 5.44. The van der Waals surface area contributed by atoms with E-state index in [4.69, 9.17) is 15.9 Å². The molecule has 1 radical (unpaired) electrons. The summed E-state index contributed by atoms with van der Waals surface area (Å²) >= 11 is 0. The van der Waals surface area contributed by atoms with Crippen LogP contribution in [0.15, 0.2) is 18.2 Å². The standard InChI is InChI=1S/C10H9O2/c1-4-8-5-9(11-2)7-10(6-8)12-3/h5-7H,2-3H3. The van der Waals surface area contributed by atoms with Crippen LogP contribution in [-0.4, -0.2) is 14.2 Å². The number of benzene rings is 1. The molecule has 1 aromatic rings. The van der Waals surface area contributed by atoms with Crippen LogP contribution in [0.25, 0.3) is 0 Å². The molecule has 1 aromatic carbocycles. The van der Waals surface area contributed by atoms with Crippen LogP contribution in [-0.2, 0) is 0 Å². The topological polar surface area (TPSA) is 18.5 Å². The first-order valence-electron chi connectivity index (χ1n) is 3.46. The van der Waals surface area contributed by atoms with Gasteiger partial charge in [-0.05, 0) is 18.6 Å². The van der Waals surface area contributed by atoms with E-state index in [9.17, 15) is 0 Å². The van der Waals surface area contributed by atoms with Gasteiger partial charge in [-0.25, -0.2) is 0 Å². The molecule has 2 heteroatoms. The van der Waals surface area contributed by atoms with Gasteiger partial charge in [-0.15, -0.1) is 0 Å². The van der Waals surface area contributed by atoms with E-state index in [2.05, 4.69) is 5.92 Å². The molecule has 12 heavy (non-hydrogen) atoms. The molecular weight excluding hydrogens is 152 g/mol. The van der Waals surface area contributed by atoms with Crippen LogP contribution in [0, 0.1) is 12.3 Å². The summed E-state index contributed by atoms with van der Waals surface area (Å²) in [6.45, 7) is 0. The fourth-order valence-electron chi connectivity index (χ4n) is 0.880. The second-order valence-corrected chi connectivity index (χ2v) is 2.23. The van der Waals surface area contributed by atoms with Crippen LogP contribution >= 0.6 is 0 Å². The molecule has 0 atom stereocenters. The molecule has 0 aliphatic rings. The highest BCUT2D eigenvalue weighted by Gasteiger charge is 1.98. The van der Waals surface area contributed by atoms with Gasteiger partial charge in [0.15, 0.2) is 0 Å². The van der Waals surface area contributed by atoms with E-state index in [0.29, 0.717) is 17.1 Å². The Kier molecular flexibility index (Phi) is 2.60. The van der Waals surface area contributed by atoms with Crippen molar-refractivity contribution in [1.29, 1.82) is 0 Å². The Bertz CT molecular complexity index is 288. The van der Waals surface area contributed by atoms with Gasteiger partial charge in [0, 0.05) is 11.6 Å². The summed E-state index contributed by atoms with van der Waals surface area (Å²) < 4.78 is 9.99. The SMILES string of the molecule is [C]#Cc1cc(OC)cc(OC)c1. The maximum atomic E-state index is 6.93. The van der Waals surface area contributed by atoms with Gasteiger partial charge in [0.05, 0.1) is 14.2 Å². The molecule has 0 aliphatic carbocycles. The van der Waals surface area contributed by atoms with Crippen molar-refractivity contribution in [2.75, 3.05) is 14.2 Å².